The number of ether oxygens (including phenoxy) is 2. The third-order valence-corrected chi connectivity index (χ3v) is 11.6. The fraction of sp³-hybridized carbons (Fsp3) is 0.875. The number of carbonyl (C=O) groups excluding carboxylic acids is 2. The van der Waals surface area contributed by atoms with E-state index in [1.807, 2.05) is 27.7 Å². The molecule has 0 fully saturated rings. The molecular formula is C48H92N2O6. The van der Waals surface area contributed by atoms with Crippen LogP contribution in [0.4, 0.5) is 0 Å². The highest BCUT2D eigenvalue weighted by Crippen LogP contribution is 2.40. The topological polar surface area (TPSA) is 117 Å². The van der Waals surface area contributed by atoms with Gasteiger partial charge in [0.2, 0.25) is 0 Å². The lowest BCUT2D eigenvalue weighted by Crippen LogP contribution is -2.73. The molecule has 0 saturated heterocycles. The van der Waals surface area contributed by atoms with Gasteiger partial charge >= 0.3 is 11.9 Å². The normalized spacial score (nSPS) is 14.4. The van der Waals surface area contributed by atoms with Crippen molar-refractivity contribution in [1.29, 1.82) is 0 Å². The zero-order valence-electron chi connectivity index (χ0n) is 37.7. The number of rotatable bonds is 41. The Kier molecular flexibility index (Phi) is 35.2. The highest BCUT2D eigenvalue weighted by atomic mass is 16.6. The van der Waals surface area contributed by atoms with E-state index < -0.39 is 16.7 Å². The van der Waals surface area contributed by atoms with E-state index in [0.29, 0.717) is 6.54 Å². The Morgan fingerprint density at radius 2 is 0.857 bits per heavy atom. The van der Waals surface area contributed by atoms with Crippen molar-refractivity contribution in [3.8, 4) is 0 Å². The Balaban J connectivity index is 4.97. The average molecular weight is 793 g/mol. The van der Waals surface area contributed by atoms with Gasteiger partial charge in [-0.1, -0.05) is 141 Å². The van der Waals surface area contributed by atoms with Crippen LogP contribution in [0.15, 0.2) is 24.3 Å². The standard InChI is InChI=1S/C48H92N2O6/c1-7-9-11-13-15-17-19-21-23-25-27-29-31-33-35-37-44(53)55-47(5,43-49-39-41-51)48(6,46(3,4)50-40-42-52)56-45(54)38-36-34-32-30-28-26-24-22-20-18-16-14-12-10-8-2/h21-24,49-52H,7-20,25-43H2,1-6H3. The maximum Gasteiger partial charge on any atom is 0.306 e. The number of allylic oxidation sites excluding steroid dienone is 4. The molecule has 0 rings (SSSR count). The Labute approximate surface area is 346 Å². The molecule has 8 heteroatoms. The molecule has 0 aromatic heterocycles. The van der Waals surface area contributed by atoms with E-state index in [0.717, 1.165) is 64.2 Å². The summed E-state index contributed by atoms with van der Waals surface area (Å²) in [5.74, 6) is -0.654. The first-order valence-corrected chi connectivity index (χ1v) is 23.4. The van der Waals surface area contributed by atoms with Gasteiger partial charge in [-0.2, -0.15) is 0 Å². The third kappa shape index (κ3) is 27.0. The molecule has 0 saturated carbocycles. The molecule has 0 amide bonds. The second kappa shape index (κ2) is 36.3. The van der Waals surface area contributed by atoms with Crippen LogP contribution in [0.3, 0.4) is 0 Å². The molecule has 0 spiro atoms. The summed E-state index contributed by atoms with van der Waals surface area (Å²) >= 11 is 0. The number of unbranched alkanes of at least 4 members (excludes halogenated alkanes) is 22. The molecule has 8 nitrogen and oxygen atoms in total. The van der Waals surface area contributed by atoms with Gasteiger partial charge in [0.1, 0.15) is 0 Å². The average Bonchev–Trinajstić information content (AvgIpc) is 3.17. The molecule has 0 heterocycles. The molecule has 0 aromatic carbocycles. The number of hydrogen-bond acceptors (Lipinski definition) is 8. The summed E-state index contributed by atoms with van der Waals surface area (Å²) in [6.45, 7) is 12.6. The second-order valence-electron chi connectivity index (χ2n) is 17.1. The van der Waals surface area contributed by atoms with Crippen molar-refractivity contribution in [2.24, 2.45) is 0 Å². The van der Waals surface area contributed by atoms with Crippen molar-refractivity contribution in [2.45, 2.75) is 238 Å². The van der Waals surface area contributed by atoms with Gasteiger partial charge in [-0.25, -0.2) is 0 Å². The van der Waals surface area contributed by atoms with Crippen LogP contribution < -0.4 is 10.6 Å². The summed E-state index contributed by atoms with van der Waals surface area (Å²) in [5, 5.41) is 25.7. The van der Waals surface area contributed by atoms with Crippen LogP contribution in [-0.2, 0) is 19.1 Å². The van der Waals surface area contributed by atoms with E-state index in [-0.39, 0.29) is 51.1 Å². The smallest absolute Gasteiger partial charge is 0.306 e. The van der Waals surface area contributed by atoms with Crippen molar-refractivity contribution in [2.75, 3.05) is 32.8 Å². The molecule has 0 bridgehead atoms. The minimum absolute atomic E-state index is 0.0723. The predicted molar refractivity (Wildman–Crippen MR) is 237 cm³/mol. The Hall–Kier alpha value is -1.74. The van der Waals surface area contributed by atoms with Crippen LogP contribution in [0.2, 0.25) is 0 Å². The lowest BCUT2D eigenvalue weighted by atomic mass is 9.71. The molecule has 4 N–H and O–H groups in total. The Morgan fingerprint density at radius 1 is 0.500 bits per heavy atom. The summed E-state index contributed by atoms with van der Waals surface area (Å²) in [6, 6.07) is 0. The number of nitrogens with one attached hydrogen (secondary N) is 2. The van der Waals surface area contributed by atoms with E-state index in [1.165, 1.54) is 103 Å². The van der Waals surface area contributed by atoms with Crippen LogP contribution in [0.5, 0.6) is 0 Å². The van der Waals surface area contributed by atoms with Gasteiger partial charge in [-0.15, -0.1) is 0 Å². The van der Waals surface area contributed by atoms with Crippen LogP contribution in [0, 0.1) is 0 Å². The van der Waals surface area contributed by atoms with Gasteiger partial charge in [-0.05, 0) is 91.9 Å². The van der Waals surface area contributed by atoms with Gasteiger partial charge in [0.15, 0.2) is 11.2 Å². The van der Waals surface area contributed by atoms with E-state index in [4.69, 9.17) is 9.47 Å². The molecule has 330 valence electrons. The van der Waals surface area contributed by atoms with E-state index in [9.17, 15) is 19.8 Å². The van der Waals surface area contributed by atoms with E-state index in [1.54, 1.807) is 0 Å². The molecule has 0 aliphatic rings. The number of carbonyl (C=O) groups is 2. The second-order valence-corrected chi connectivity index (χ2v) is 17.1. The van der Waals surface area contributed by atoms with Crippen LogP contribution in [-0.4, -0.2) is 71.7 Å². The van der Waals surface area contributed by atoms with Crippen LogP contribution in [0.25, 0.3) is 0 Å². The summed E-state index contributed by atoms with van der Waals surface area (Å²) in [5.41, 5.74) is -3.42. The first kappa shape index (κ1) is 54.3. The first-order valence-electron chi connectivity index (χ1n) is 23.4. The van der Waals surface area contributed by atoms with Crippen molar-refractivity contribution in [3.63, 3.8) is 0 Å². The lowest BCUT2D eigenvalue weighted by molar-refractivity contribution is -0.223. The molecule has 2 unspecified atom stereocenters. The monoisotopic (exact) mass is 793 g/mol. The van der Waals surface area contributed by atoms with Crippen molar-refractivity contribution in [1.82, 2.24) is 10.6 Å². The van der Waals surface area contributed by atoms with Gasteiger partial charge in [-0.3, -0.25) is 9.59 Å². The van der Waals surface area contributed by atoms with Gasteiger partial charge < -0.3 is 30.3 Å². The summed E-state index contributed by atoms with van der Waals surface area (Å²) in [4.78, 5) is 26.9. The Bertz CT molecular complexity index is 985. The van der Waals surface area contributed by atoms with Crippen LogP contribution in [0.1, 0.15) is 221 Å². The van der Waals surface area contributed by atoms with Gasteiger partial charge in [0.05, 0.1) is 18.8 Å². The molecule has 0 aliphatic carbocycles. The minimum atomic E-state index is -1.30. The van der Waals surface area contributed by atoms with E-state index in [2.05, 4.69) is 48.8 Å². The molecule has 0 radical (unpaired) electrons. The molecule has 0 aromatic rings. The molecular weight excluding hydrogens is 701 g/mol. The van der Waals surface area contributed by atoms with Gasteiger partial charge in [0.25, 0.3) is 0 Å². The Morgan fingerprint density at radius 3 is 1.25 bits per heavy atom. The highest BCUT2D eigenvalue weighted by Gasteiger charge is 2.59. The fourth-order valence-corrected chi connectivity index (χ4v) is 7.40. The SMILES string of the molecule is CCCCCCCCC=CCCCCCCCC(=O)OC(C)(CNCCO)C(C)(OC(=O)CCCCCCCC=CCCCCCCCC)C(C)(C)NCCO. The molecule has 56 heavy (non-hydrogen) atoms. The van der Waals surface area contributed by atoms with Crippen molar-refractivity contribution in [3.05, 3.63) is 24.3 Å². The van der Waals surface area contributed by atoms with E-state index >= 15 is 0 Å². The summed E-state index contributed by atoms with van der Waals surface area (Å²) < 4.78 is 12.7. The largest absolute Gasteiger partial charge is 0.454 e. The molecule has 0 aliphatic heterocycles. The maximum absolute atomic E-state index is 13.5. The van der Waals surface area contributed by atoms with Crippen molar-refractivity contribution < 1.29 is 29.3 Å². The number of β-amino-alcohol motifs (C(OH)–C–C–N with tert-alkyl or cyclic N) is 1. The number of aliphatic hydroxyl groups is 2. The summed E-state index contributed by atoms with van der Waals surface area (Å²) in [6.07, 6.45) is 40.7. The zero-order chi connectivity index (χ0) is 41.6. The van der Waals surface area contributed by atoms with Crippen LogP contribution >= 0.6 is 0 Å². The number of esters is 2. The predicted octanol–water partition coefficient (Wildman–Crippen LogP) is 11.6. The zero-order valence-corrected chi connectivity index (χ0v) is 37.7. The lowest BCUT2D eigenvalue weighted by Gasteiger charge is -2.53. The fourth-order valence-electron chi connectivity index (χ4n) is 7.40. The third-order valence-electron chi connectivity index (χ3n) is 11.6. The number of hydrogen-bond donors (Lipinski definition) is 4. The first-order chi connectivity index (χ1) is 27.0. The molecule has 2 atom stereocenters. The summed E-state index contributed by atoms with van der Waals surface area (Å²) in [7, 11) is 0. The highest BCUT2D eigenvalue weighted by molar-refractivity contribution is 5.71. The van der Waals surface area contributed by atoms with Gasteiger partial charge in [0, 0.05) is 32.5 Å². The maximum atomic E-state index is 13.5. The minimum Gasteiger partial charge on any atom is -0.454 e. The quantitative estimate of drug-likeness (QED) is 0.0275. The van der Waals surface area contributed by atoms with Crippen molar-refractivity contribution >= 4 is 11.9 Å². The number of aliphatic hydroxyl groups excluding tert-OH is 2.